The Kier molecular flexibility index (Phi) is 6.19. The van der Waals surface area contributed by atoms with Gasteiger partial charge >= 0.3 is 11.9 Å². The van der Waals surface area contributed by atoms with Crippen molar-refractivity contribution < 1.29 is 42.5 Å². The van der Waals surface area contributed by atoms with Crippen LogP contribution in [0.25, 0.3) is 0 Å². The Balaban J connectivity index is 1.82. The molecule has 0 bridgehead atoms. The number of rotatable bonds is 4. The summed E-state index contributed by atoms with van der Waals surface area (Å²) in [6, 6.07) is 0. The molecule has 0 aromatic heterocycles. The predicted octanol–water partition coefficient (Wildman–Crippen LogP) is 3.46. The van der Waals surface area contributed by atoms with Crippen molar-refractivity contribution in [1.82, 2.24) is 0 Å². The van der Waals surface area contributed by atoms with Crippen LogP contribution in [0.1, 0.15) is 53.4 Å². The van der Waals surface area contributed by atoms with Crippen molar-refractivity contribution in [3.05, 3.63) is 22.2 Å². The van der Waals surface area contributed by atoms with Crippen molar-refractivity contribution in [2.75, 3.05) is 6.61 Å². The lowest BCUT2D eigenvalue weighted by Crippen LogP contribution is -2.70. The molecule has 0 aromatic carbocycles. The molecule has 0 aliphatic heterocycles. The van der Waals surface area contributed by atoms with Gasteiger partial charge in [0.05, 0.1) is 10.6 Å². The number of allylic oxidation sites excluding steroid dienone is 4. The van der Waals surface area contributed by atoms with Gasteiger partial charge in [0.2, 0.25) is 5.78 Å². The molecule has 35 heavy (non-hydrogen) atoms. The Labute approximate surface area is 210 Å². The predicted molar refractivity (Wildman–Crippen MR) is 123 cm³/mol. The van der Waals surface area contributed by atoms with Crippen molar-refractivity contribution in [1.29, 1.82) is 0 Å². The molecule has 0 heterocycles. The first kappa shape index (κ1) is 26.1. The third-order valence-electron chi connectivity index (χ3n) is 8.98. The average Bonchev–Trinajstić information content (AvgIpc) is 3.03. The molecule has 0 amide bonds. The van der Waals surface area contributed by atoms with Crippen molar-refractivity contribution in [3.63, 3.8) is 0 Å². The molecule has 4 aliphatic carbocycles. The first-order chi connectivity index (χ1) is 16.1. The first-order valence-corrected chi connectivity index (χ1v) is 12.5. The Bertz CT molecular complexity index is 1070. The third-order valence-corrected chi connectivity index (χ3v) is 9.60. The van der Waals surface area contributed by atoms with E-state index in [0.717, 1.165) is 19.9 Å². The maximum atomic E-state index is 17.3. The molecule has 7 nitrogen and oxygen atoms in total. The molecule has 0 radical (unpaired) electrons. The molecule has 0 unspecified atom stereocenters. The number of esters is 2. The number of carbonyl (C=O) groups excluding carboxylic acids is 4. The molecule has 4 rings (SSSR count). The van der Waals surface area contributed by atoms with Crippen molar-refractivity contribution in [2.24, 2.45) is 22.7 Å². The lowest BCUT2D eigenvalue weighted by Gasteiger charge is -2.63. The van der Waals surface area contributed by atoms with E-state index in [1.807, 2.05) is 0 Å². The molecule has 10 heteroatoms. The van der Waals surface area contributed by atoms with Crippen LogP contribution in [0.5, 0.6) is 0 Å². The number of hydrogen-bond donors (Lipinski definition) is 1. The zero-order valence-electron chi connectivity index (χ0n) is 20.0. The summed E-state index contributed by atoms with van der Waals surface area (Å²) in [5, 5.41) is 11.4. The number of ether oxygens (including phenoxy) is 2. The van der Waals surface area contributed by atoms with Gasteiger partial charge in [0.25, 0.3) is 0 Å². The van der Waals surface area contributed by atoms with Crippen LogP contribution in [0.4, 0.5) is 8.78 Å². The van der Waals surface area contributed by atoms with Gasteiger partial charge in [0.15, 0.2) is 23.7 Å². The van der Waals surface area contributed by atoms with Crippen molar-refractivity contribution in [3.8, 4) is 0 Å². The van der Waals surface area contributed by atoms with E-state index >= 15 is 8.78 Å². The minimum Gasteiger partial charge on any atom is -0.458 e. The van der Waals surface area contributed by atoms with Crippen LogP contribution in [0, 0.1) is 22.7 Å². The second kappa shape index (κ2) is 8.30. The van der Waals surface area contributed by atoms with Crippen LogP contribution in [-0.4, -0.2) is 58.8 Å². The van der Waals surface area contributed by atoms with Crippen LogP contribution in [0.2, 0.25) is 0 Å². The molecule has 3 fully saturated rings. The van der Waals surface area contributed by atoms with Gasteiger partial charge in [-0.1, -0.05) is 13.0 Å². The minimum atomic E-state index is -2.34. The van der Waals surface area contributed by atoms with Crippen LogP contribution >= 0.6 is 15.9 Å². The molecule has 8 atom stereocenters. The maximum absolute atomic E-state index is 17.3. The molecule has 4 aliphatic rings. The summed E-state index contributed by atoms with van der Waals surface area (Å²) in [5.41, 5.74) is -6.95. The normalized spacial score (nSPS) is 44.3. The second-order valence-corrected chi connectivity index (χ2v) is 11.5. The van der Waals surface area contributed by atoms with E-state index in [9.17, 15) is 24.3 Å². The number of Topliss-reactive ketones (excluding diaryl/α,β-unsaturated/α-hetero) is 1. The molecule has 0 saturated heterocycles. The van der Waals surface area contributed by atoms with E-state index in [-0.39, 0.29) is 35.7 Å². The quantitative estimate of drug-likeness (QED) is 0.526. The number of ketones is 2. The number of halogens is 3. The van der Waals surface area contributed by atoms with Gasteiger partial charge in [0, 0.05) is 30.6 Å². The van der Waals surface area contributed by atoms with Crippen molar-refractivity contribution >= 4 is 39.4 Å². The Hall–Kier alpha value is -1.94. The van der Waals surface area contributed by atoms with Gasteiger partial charge in [-0.05, 0) is 66.1 Å². The van der Waals surface area contributed by atoms with Crippen LogP contribution in [0.15, 0.2) is 22.2 Å². The molecule has 0 aromatic rings. The van der Waals surface area contributed by atoms with Crippen LogP contribution in [-0.2, 0) is 28.7 Å². The number of carbonyl (C=O) groups is 4. The minimum absolute atomic E-state index is 0.0118. The molecule has 192 valence electrons. The first-order valence-electron chi connectivity index (χ1n) is 11.7. The number of hydrogen-bond acceptors (Lipinski definition) is 7. The Morgan fingerprint density at radius 1 is 1.20 bits per heavy atom. The largest absolute Gasteiger partial charge is 0.458 e. The maximum Gasteiger partial charge on any atom is 0.303 e. The zero-order chi connectivity index (χ0) is 26.1. The van der Waals surface area contributed by atoms with Gasteiger partial charge < -0.3 is 14.6 Å². The Morgan fingerprint density at radius 3 is 2.46 bits per heavy atom. The van der Waals surface area contributed by atoms with E-state index in [1.54, 1.807) is 6.92 Å². The number of aliphatic hydroxyl groups is 1. The fraction of sp³-hybridized carbons (Fsp3) is 0.680. The fourth-order valence-electron chi connectivity index (χ4n) is 7.46. The highest BCUT2D eigenvalue weighted by atomic mass is 79.9. The van der Waals surface area contributed by atoms with Gasteiger partial charge in [-0.15, -0.1) is 0 Å². The standard InChI is InChI=1S/C25H29BrF2O7/c1-12(29)34-11-21(33)24(35-13(2)30)6-5-14-15-7-18(27)16-8-19(31)17(26)9-23(16,4)25(15,28)20(32)10-22(14,24)3/h8-9,14-15,18,20,32H,5-7,10-11H2,1-4H3/t14-,15-,18+,20-,22+,23+,24+,25+/m0/s1. The number of alkyl halides is 2. The summed E-state index contributed by atoms with van der Waals surface area (Å²) in [4.78, 5) is 49.1. The molecule has 3 saturated carbocycles. The Morgan fingerprint density at radius 2 is 1.86 bits per heavy atom. The second-order valence-electron chi connectivity index (χ2n) is 10.6. The monoisotopic (exact) mass is 558 g/mol. The van der Waals surface area contributed by atoms with E-state index < -0.39 is 76.3 Å². The van der Waals surface area contributed by atoms with Crippen LogP contribution in [0.3, 0.4) is 0 Å². The highest BCUT2D eigenvalue weighted by Gasteiger charge is 2.76. The summed E-state index contributed by atoms with van der Waals surface area (Å²) in [6.07, 6.45) is -1.11. The van der Waals surface area contributed by atoms with Gasteiger partial charge in [0.1, 0.15) is 6.17 Å². The molecular weight excluding hydrogens is 530 g/mol. The molecule has 0 spiro atoms. The van der Waals surface area contributed by atoms with Gasteiger partial charge in [-0.3, -0.25) is 19.2 Å². The number of aliphatic hydroxyl groups excluding tert-OH is 1. The fourth-order valence-corrected chi connectivity index (χ4v) is 8.03. The highest BCUT2D eigenvalue weighted by Crippen LogP contribution is 2.70. The topological polar surface area (TPSA) is 107 Å². The van der Waals surface area contributed by atoms with Crippen LogP contribution < -0.4 is 0 Å². The summed E-state index contributed by atoms with van der Waals surface area (Å²) < 4.78 is 43.5. The number of fused-ring (bicyclic) bond motifs is 5. The SMILES string of the molecule is CC(=O)OCC(=O)[C@]1(OC(C)=O)CC[C@H]2[C@@H]3C[C@@H](F)C4=CC(=O)C(Br)=C[C@@]4(C)[C@]3(F)[C@@H](O)C[C@]21C. The molecular formula is C25H29BrF2O7. The summed E-state index contributed by atoms with van der Waals surface area (Å²) in [6.45, 7) is 4.79. The summed E-state index contributed by atoms with van der Waals surface area (Å²) in [5.74, 6) is -4.21. The zero-order valence-corrected chi connectivity index (χ0v) is 21.6. The molecule has 1 N–H and O–H groups in total. The van der Waals surface area contributed by atoms with Crippen molar-refractivity contribution in [2.45, 2.75) is 76.9 Å². The van der Waals surface area contributed by atoms with E-state index in [4.69, 9.17) is 9.47 Å². The summed E-state index contributed by atoms with van der Waals surface area (Å²) >= 11 is 3.14. The summed E-state index contributed by atoms with van der Waals surface area (Å²) in [7, 11) is 0. The average molecular weight is 559 g/mol. The smallest absolute Gasteiger partial charge is 0.303 e. The van der Waals surface area contributed by atoms with Gasteiger partial charge in [-0.25, -0.2) is 8.78 Å². The highest BCUT2D eigenvalue weighted by molar-refractivity contribution is 9.12. The third kappa shape index (κ3) is 3.42. The van der Waals surface area contributed by atoms with E-state index in [1.165, 1.54) is 13.0 Å². The lowest BCUT2D eigenvalue weighted by atomic mass is 9.44. The van der Waals surface area contributed by atoms with Gasteiger partial charge in [-0.2, -0.15) is 0 Å². The van der Waals surface area contributed by atoms with E-state index in [2.05, 4.69) is 15.9 Å². The van der Waals surface area contributed by atoms with E-state index in [0.29, 0.717) is 0 Å². The lowest BCUT2D eigenvalue weighted by molar-refractivity contribution is -0.228.